The molecule has 1 aromatic carbocycles. The molecule has 3 aromatic rings. The Bertz CT molecular complexity index is 887. The molecule has 160 valence electrons. The second kappa shape index (κ2) is 11.6. The molecule has 0 amide bonds. The first-order valence-electron chi connectivity index (χ1n) is 10.3. The minimum Gasteiger partial charge on any atom is -0.497 e. The maximum Gasteiger partial charge on any atom is 0.226 e. The summed E-state index contributed by atoms with van der Waals surface area (Å²) in [6.45, 7) is 2.63. The number of aromatic nitrogens is 3. The van der Waals surface area contributed by atoms with Gasteiger partial charge in [-0.25, -0.2) is 0 Å². The fourth-order valence-electron chi connectivity index (χ4n) is 3.04. The van der Waals surface area contributed by atoms with Crippen LogP contribution in [0.3, 0.4) is 0 Å². The number of unbranched alkanes of at least 4 members (excludes halogenated alkanes) is 2. The van der Waals surface area contributed by atoms with E-state index in [9.17, 15) is 0 Å². The smallest absolute Gasteiger partial charge is 0.226 e. The van der Waals surface area contributed by atoms with Gasteiger partial charge in [-0.2, -0.15) is 4.98 Å². The largest absolute Gasteiger partial charge is 0.497 e. The van der Waals surface area contributed by atoms with E-state index in [4.69, 9.17) is 9.26 Å². The van der Waals surface area contributed by atoms with Crippen LogP contribution < -0.4 is 15.4 Å². The van der Waals surface area contributed by atoms with Gasteiger partial charge in [-0.05, 0) is 49.2 Å². The summed E-state index contributed by atoms with van der Waals surface area (Å²) < 4.78 is 12.7. The van der Waals surface area contributed by atoms with Gasteiger partial charge in [0.05, 0.1) is 7.11 Å². The zero-order chi connectivity index (χ0) is 21.0. The van der Waals surface area contributed by atoms with Crippen molar-refractivity contribution in [2.24, 2.45) is 4.99 Å². The number of hydrogen-bond acceptors (Lipinski definition) is 5. The summed E-state index contributed by atoms with van der Waals surface area (Å²) in [6.07, 6.45) is 8.03. The molecule has 2 aromatic heterocycles. The highest BCUT2D eigenvalue weighted by Gasteiger charge is 2.08. The molecule has 0 saturated carbocycles. The second-order valence-corrected chi connectivity index (χ2v) is 6.90. The van der Waals surface area contributed by atoms with Crippen molar-refractivity contribution >= 4 is 5.96 Å². The molecule has 0 radical (unpaired) electrons. The van der Waals surface area contributed by atoms with E-state index in [2.05, 4.69) is 42.7 Å². The van der Waals surface area contributed by atoms with Gasteiger partial charge in [0.15, 0.2) is 5.96 Å². The number of rotatable bonds is 11. The van der Waals surface area contributed by atoms with Crippen molar-refractivity contribution in [3.63, 3.8) is 0 Å². The molecule has 0 aliphatic rings. The SMILES string of the molecule is CN=C(NCCCCCc1nc(-c2ccc(OC)cc2)no1)NCCn1cccc1. The number of nitrogens with zero attached hydrogens (tertiary/aromatic N) is 4. The van der Waals surface area contributed by atoms with Crippen LogP contribution in [0.1, 0.15) is 25.2 Å². The number of aryl methyl sites for hydroxylation is 1. The van der Waals surface area contributed by atoms with Gasteiger partial charge in [0.2, 0.25) is 11.7 Å². The van der Waals surface area contributed by atoms with E-state index in [0.29, 0.717) is 11.7 Å². The molecule has 8 heteroatoms. The van der Waals surface area contributed by atoms with Crippen LogP contribution in [0, 0.1) is 0 Å². The lowest BCUT2D eigenvalue weighted by atomic mass is 10.2. The van der Waals surface area contributed by atoms with Crippen LogP contribution in [0.2, 0.25) is 0 Å². The fraction of sp³-hybridized carbons (Fsp3) is 0.409. The molecule has 30 heavy (non-hydrogen) atoms. The van der Waals surface area contributed by atoms with Crippen LogP contribution in [-0.2, 0) is 13.0 Å². The second-order valence-electron chi connectivity index (χ2n) is 6.90. The molecule has 3 rings (SSSR count). The predicted octanol–water partition coefficient (Wildman–Crippen LogP) is 3.12. The Morgan fingerprint density at radius 3 is 2.57 bits per heavy atom. The highest BCUT2D eigenvalue weighted by Crippen LogP contribution is 2.20. The van der Waals surface area contributed by atoms with E-state index in [-0.39, 0.29) is 0 Å². The van der Waals surface area contributed by atoms with Gasteiger partial charge < -0.3 is 24.5 Å². The molecular weight excluding hydrogens is 380 g/mol. The van der Waals surface area contributed by atoms with Gasteiger partial charge in [0, 0.05) is 51.1 Å². The fourth-order valence-corrected chi connectivity index (χ4v) is 3.04. The van der Waals surface area contributed by atoms with Crippen molar-refractivity contribution in [2.75, 3.05) is 27.2 Å². The molecule has 0 bridgehead atoms. The average molecular weight is 411 g/mol. The van der Waals surface area contributed by atoms with Gasteiger partial charge in [-0.1, -0.05) is 11.6 Å². The van der Waals surface area contributed by atoms with Crippen LogP contribution in [-0.4, -0.2) is 47.9 Å². The highest BCUT2D eigenvalue weighted by molar-refractivity contribution is 5.79. The van der Waals surface area contributed by atoms with E-state index in [0.717, 1.165) is 62.6 Å². The van der Waals surface area contributed by atoms with Gasteiger partial charge in [-0.15, -0.1) is 0 Å². The molecule has 0 spiro atoms. The Morgan fingerprint density at radius 1 is 1.07 bits per heavy atom. The molecule has 0 atom stereocenters. The number of nitrogens with one attached hydrogen (secondary N) is 2. The average Bonchev–Trinajstić information content (AvgIpc) is 3.47. The summed E-state index contributed by atoms with van der Waals surface area (Å²) in [6, 6.07) is 11.7. The normalized spacial score (nSPS) is 11.5. The third kappa shape index (κ3) is 6.65. The minimum atomic E-state index is 0.615. The molecule has 2 heterocycles. The van der Waals surface area contributed by atoms with E-state index in [1.54, 1.807) is 14.2 Å². The number of methoxy groups -OCH3 is 1. The van der Waals surface area contributed by atoms with Crippen molar-refractivity contribution in [3.05, 3.63) is 54.7 Å². The highest BCUT2D eigenvalue weighted by atomic mass is 16.5. The van der Waals surface area contributed by atoms with Crippen LogP contribution in [0.5, 0.6) is 5.75 Å². The zero-order valence-electron chi connectivity index (χ0n) is 17.7. The van der Waals surface area contributed by atoms with Crippen molar-refractivity contribution < 1.29 is 9.26 Å². The molecule has 0 fully saturated rings. The number of ether oxygens (including phenoxy) is 1. The van der Waals surface area contributed by atoms with Crippen molar-refractivity contribution in [1.29, 1.82) is 0 Å². The van der Waals surface area contributed by atoms with E-state index >= 15 is 0 Å². The van der Waals surface area contributed by atoms with Crippen molar-refractivity contribution in [3.8, 4) is 17.1 Å². The van der Waals surface area contributed by atoms with E-state index in [1.165, 1.54) is 0 Å². The molecule has 0 unspecified atom stereocenters. The van der Waals surface area contributed by atoms with Crippen LogP contribution in [0.25, 0.3) is 11.4 Å². The van der Waals surface area contributed by atoms with Gasteiger partial charge in [-0.3, -0.25) is 4.99 Å². The van der Waals surface area contributed by atoms with E-state index < -0.39 is 0 Å². The number of guanidine groups is 1. The van der Waals surface area contributed by atoms with Gasteiger partial charge in [0.1, 0.15) is 5.75 Å². The Labute approximate surface area is 177 Å². The summed E-state index contributed by atoms with van der Waals surface area (Å²) in [5, 5.41) is 10.8. The monoisotopic (exact) mass is 410 g/mol. The Balaban J connectivity index is 1.29. The third-order valence-corrected chi connectivity index (χ3v) is 4.73. The number of benzene rings is 1. The lowest BCUT2D eigenvalue weighted by molar-refractivity contribution is 0.374. The number of hydrogen-bond donors (Lipinski definition) is 2. The van der Waals surface area contributed by atoms with Crippen LogP contribution in [0.15, 0.2) is 58.3 Å². The summed E-state index contributed by atoms with van der Waals surface area (Å²) >= 11 is 0. The zero-order valence-corrected chi connectivity index (χ0v) is 17.7. The quantitative estimate of drug-likeness (QED) is 0.287. The Hall–Kier alpha value is -3.29. The molecule has 0 aliphatic heterocycles. The third-order valence-electron chi connectivity index (χ3n) is 4.73. The van der Waals surface area contributed by atoms with Crippen molar-refractivity contribution in [1.82, 2.24) is 25.3 Å². The number of aliphatic imine (C=N–C) groups is 1. The molecule has 0 saturated heterocycles. The summed E-state index contributed by atoms with van der Waals surface area (Å²) in [5.74, 6) is 2.94. The maximum atomic E-state index is 5.37. The van der Waals surface area contributed by atoms with E-state index in [1.807, 2.05) is 36.4 Å². The first-order valence-corrected chi connectivity index (χ1v) is 10.3. The minimum absolute atomic E-state index is 0.615. The van der Waals surface area contributed by atoms with Crippen LogP contribution in [0.4, 0.5) is 0 Å². The lowest BCUT2D eigenvalue weighted by Crippen LogP contribution is -2.39. The van der Waals surface area contributed by atoms with Crippen molar-refractivity contribution in [2.45, 2.75) is 32.2 Å². The maximum absolute atomic E-state index is 5.37. The van der Waals surface area contributed by atoms with Gasteiger partial charge in [0.25, 0.3) is 0 Å². The predicted molar refractivity (Wildman–Crippen MR) is 118 cm³/mol. The Kier molecular flexibility index (Phi) is 8.32. The molecule has 2 N–H and O–H groups in total. The first kappa shape index (κ1) is 21.4. The topological polar surface area (TPSA) is 89.5 Å². The standard InChI is InChI=1S/C22H30N6O2/c1-23-22(25-14-17-28-15-6-7-16-28)24-13-5-3-4-8-20-26-21(27-30-20)18-9-11-19(29-2)12-10-18/h6-7,9-12,15-16H,3-5,8,13-14,17H2,1-2H3,(H2,23,24,25). The Morgan fingerprint density at radius 2 is 1.83 bits per heavy atom. The summed E-state index contributed by atoms with van der Waals surface area (Å²) in [7, 11) is 3.44. The molecule has 8 nitrogen and oxygen atoms in total. The summed E-state index contributed by atoms with van der Waals surface area (Å²) in [5.41, 5.74) is 0.922. The molecule has 0 aliphatic carbocycles. The summed E-state index contributed by atoms with van der Waals surface area (Å²) in [4.78, 5) is 8.74. The first-order chi connectivity index (χ1) is 14.8. The van der Waals surface area contributed by atoms with Crippen LogP contribution >= 0.6 is 0 Å². The lowest BCUT2D eigenvalue weighted by Gasteiger charge is -2.12. The van der Waals surface area contributed by atoms with Gasteiger partial charge >= 0.3 is 0 Å². The molecular formula is C22H30N6O2.